The molecule has 1 amide bonds. The van der Waals surface area contributed by atoms with Crippen LogP contribution in [-0.2, 0) is 4.79 Å². The minimum absolute atomic E-state index is 0. The molecule has 0 radical (unpaired) electrons. The molecular weight excluding hydrogens is 232 g/mol. The van der Waals surface area contributed by atoms with Gasteiger partial charge in [-0.3, -0.25) is 4.79 Å². The van der Waals surface area contributed by atoms with Gasteiger partial charge in [-0.2, -0.15) is 0 Å². The third kappa shape index (κ3) is 3.48. The van der Waals surface area contributed by atoms with E-state index in [-0.39, 0.29) is 24.4 Å². The summed E-state index contributed by atoms with van der Waals surface area (Å²) in [5.74, 6) is -0.0223. The first-order valence-electron chi connectivity index (χ1n) is 4.59. The number of amides is 1. The maximum absolute atomic E-state index is 11.6. The van der Waals surface area contributed by atoms with Crippen LogP contribution in [0, 0.1) is 0 Å². The number of carbonyl (C=O) groups is 1. The van der Waals surface area contributed by atoms with Gasteiger partial charge in [0.2, 0.25) is 5.91 Å². The zero-order valence-corrected chi connectivity index (χ0v) is 10.8. The zero-order valence-electron chi connectivity index (χ0n) is 9.14. The van der Waals surface area contributed by atoms with E-state index in [4.69, 9.17) is 5.73 Å². The molecule has 0 aliphatic carbocycles. The molecule has 2 atom stereocenters. The van der Waals surface area contributed by atoms with Gasteiger partial charge in [0.05, 0.1) is 12.1 Å². The first kappa shape index (κ1) is 14.4. The van der Waals surface area contributed by atoms with Gasteiger partial charge in [0, 0.05) is 11.9 Å². The fourth-order valence-corrected chi connectivity index (χ4v) is 2.06. The molecule has 0 aliphatic heterocycles. The number of hydrogen-bond donors (Lipinski definition) is 1. The number of thiophene rings is 1. The van der Waals surface area contributed by atoms with Gasteiger partial charge in [0.15, 0.2) is 0 Å². The Balaban J connectivity index is 0.00000196. The molecule has 1 rings (SSSR count). The molecule has 0 aromatic carbocycles. The van der Waals surface area contributed by atoms with Crippen LogP contribution >= 0.6 is 23.7 Å². The van der Waals surface area contributed by atoms with Crippen molar-refractivity contribution in [2.24, 2.45) is 5.73 Å². The summed E-state index contributed by atoms with van der Waals surface area (Å²) in [5, 5.41) is 2.01. The van der Waals surface area contributed by atoms with E-state index < -0.39 is 6.04 Å². The minimum Gasteiger partial charge on any atom is -0.337 e. The molecule has 15 heavy (non-hydrogen) atoms. The third-order valence-corrected chi connectivity index (χ3v) is 3.32. The van der Waals surface area contributed by atoms with E-state index in [9.17, 15) is 4.79 Å². The molecule has 1 heterocycles. The fourth-order valence-electron chi connectivity index (χ4n) is 1.23. The molecule has 3 nitrogen and oxygen atoms in total. The average molecular weight is 249 g/mol. The molecule has 1 aromatic rings. The van der Waals surface area contributed by atoms with Gasteiger partial charge in [-0.15, -0.1) is 23.7 Å². The monoisotopic (exact) mass is 248 g/mol. The molecule has 0 bridgehead atoms. The average Bonchev–Trinajstić information content (AvgIpc) is 2.67. The lowest BCUT2D eigenvalue weighted by Crippen LogP contribution is -2.40. The summed E-state index contributed by atoms with van der Waals surface area (Å²) in [6, 6.07) is 3.69. The van der Waals surface area contributed by atoms with E-state index in [0.717, 1.165) is 0 Å². The Morgan fingerprint density at radius 1 is 1.53 bits per heavy atom. The van der Waals surface area contributed by atoms with Crippen LogP contribution in [0.4, 0.5) is 0 Å². The minimum atomic E-state index is -0.428. The topological polar surface area (TPSA) is 46.3 Å². The second-order valence-corrected chi connectivity index (χ2v) is 4.41. The van der Waals surface area contributed by atoms with E-state index in [2.05, 4.69) is 0 Å². The summed E-state index contributed by atoms with van der Waals surface area (Å²) in [6.07, 6.45) is 0. The summed E-state index contributed by atoms with van der Waals surface area (Å²) in [4.78, 5) is 14.5. The second-order valence-electron chi connectivity index (χ2n) is 3.43. The van der Waals surface area contributed by atoms with Crippen molar-refractivity contribution in [2.45, 2.75) is 25.9 Å². The smallest absolute Gasteiger partial charge is 0.239 e. The van der Waals surface area contributed by atoms with Gasteiger partial charge in [-0.05, 0) is 25.3 Å². The summed E-state index contributed by atoms with van der Waals surface area (Å²) >= 11 is 1.65. The van der Waals surface area contributed by atoms with E-state index in [1.165, 1.54) is 4.88 Å². The van der Waals surface area contributed by atoms with Crippen molar-refractivity contribution in [3.05, 3.63) is 22.4 Å². The molecule has 5 heteroatoms. The van der Waals surface area contributed by atoms with E-state index in [1.54, 1.807) is 30.2 Å². The van der Waals surface area contributed by atoms with Crippen LogP contribution in [0.2, 0.25) is 0 Å². The van der Waals surface area contributed by atoms with E-state index >= 15 is 0 Å². The molecule has 2 N–H and O–H groups in total. The van der Waals surface area contributed by atoms with E-state index in [0.29, 0.717) is 0 Å². The molecule has 0 aliphatic rings. The van der Waals surface area contributed by atoms with Gasteiger partial charge in [0.1, 0.15) is 0 Å². The summed E-state index contributed by atoms with van der Waals surface area (Å²) in [7, 11) is 1.79. The van der Waals surface area contributed by atoms with Gasteiger partial charge < -0.3 is 10.6 Å². The Morgan fingerprint density at radius 3 is 2.53 bits per heavy atom. The summed E-state index contributed by atoms with van der Waals surface area (Å²) in [5.41, 5.74) is 5.54. The van der Waals surface area contributed by atoms with Crippen LogP contribution in [0.25, 0.3) is 0 Å². The molecule has 0 fully saturated rings. The van der Waals surface area contributed by atoms with Crippen LogP contribution < -0.4 is 5.73 Å². The highest BCUT2D eigenvalue weighted by Crippen LogP contribution is 2.23. The quantitative estimate of drug-likeness (QED) is 0.890. The molecule has 1 aromatic heterocycles. The summed E-state index contributed by atoms with van der Waals surface area (Å²) < 4.78 is 0. The van der Waals surface area contributed by atoms with Crippen molar-refractivity contribution < 1.29 is 4.79 Å². The van der Waals surface area contributed by atoms with Crippen LogP contribution in [0.1, 0.15) is 24.8 Å². The molecule has 0 saturated carbocycles. The van der Waals surface area contributed by atoms with Gasteiger partial charge in [-0.1, -0.05) is 6.07 Å². The van der Waals surface area contributed by atoms with Crippen molar-refractivity contribution in [3.63, 3.8) is 0 Å². The van der Waals surface area contributed by atoms with Crippen LogP contribution in [0.5, 0.6) is 0 Å². The highest BCUT2D eigenvalue weighted by molar-refractivity contribution is 7.10. The Labute approximate surface area is 101 Å². The lowest BCUT2D eigenvalue weighted by atomic mass is 10.2. The first-order chi connectivity index (χ1) is 6.54. The number of nitrogens with two attached hydrogens (primary N) is 1. The number of rotatable bonds is 3. The predicted molar refractivity (Wildman–Crippen MR) is 66.4 cm³/mol. The third-order valence-electron chi connectivity index (χ3n) is 2.27. The number of carbonyl (C=O) groups excluding carboxylic acids is 1. The fraction of sp³-hybridized carbons (Fsp3) is 0.500. The van der Waals surface area contributed by atoms with E-state index in [1.807, 2.05) is 24.4 Å². The van der Waals surface area contributed by atoms with Gasteiger partial charge >= 0.3 is 0 Å². The number of nitrogens with zero attached hydrogens (tertiary/aromatic N) is 1. The lowest BCUT2D eigenvalue weighted by Gasteiger charge is -2.25. The molecule has 86 valence electrons. The maximum Gasteiger partial charge on any atom is 0.239 e. The zero-order chi connectivity index (χ0) is 10.7. The van der Waals surface area contributed by atoms with Crippen molar-refractivity contribution in [1.82, 2.24) is 4.90 Å². The van der Waals surface area contributed by atoms with Crippen LogP contribution in [-0.4, -0.2) is 23.9 Å². The Morgan fingerprint density at radius 2 is 2.13 bits per heavy atom. The van der Waals surface area contributed by atoms with Crippen molar-refractivity contribution >= 4 is 29.7 Å². The summed E-state index contributed by atoms with van der Waals surface area (Å²) in [6.45, 7) is 3.71. The number of likely N-dealkylation sites (N-methyl/N-ethyl adjacent to an activating group) is 1. The standard InChI is InChI=1S/C10H16N2OS.ClH/c1-7(11)10(13)12(3)8(2)9-5-4-6-14-9;/h4-8H,11H2,1-3H3;1H. The lowest BCUT2D eigenvalue weighted by molar-refractivity contribution is -0.132. The van der Waals surface area contributed by atoms with Gasteiger partial charge in [-0.25, -0.2) is 0 Å². The predicted octanol–water partition coefficient (Wildman–Crippen LogP) is 2.04. The maximum atomic E-state index is 11.6. The molecule has 0 saturated heterocycles. The normalized spacial score (nSPS) is 13.9. The highest BCUT2D eigenvalue weighted by Gasteiger charge is 2.20. The largest absolute Gasteiger partial charge is 0.337 e. The molecule has 0 spiro atoms. The van der Waals surface area contributed by atoms with Crippen LogP contribution in [0.3, 0.4) is 0 Å². The van der Waals surface area contributed by atoms with Crippen molar-refractivity contribution in [3.8, 4) is 0 Å². The number of halogens is 1. The van der Waals surface area contributed by atoms with Crippen molar-refractivity contribution in [1.29, 1.82) is 0 Å². The first-order valence-corrected chi connectivity index (χ1v) is 5.47. The van der Waals surface area contributed by atoms with Crippen LogP contribution in [0.15, 0.2) is 17.5 Å². The Kier molecular flexibility index (Phi) is 5.87. The Bertz CT molecular complexity index is 300. The van der Waals surface area contributed by atoms with Gasteiger partial charge in [0.25, 0.3) is 0 Å². The Hall–Kier alpha value is -0.580. The van der Waals surface area contributed by atoms with Crippen molar-refractivity contribution in [2.75, 3.05) is 7.05 Å². The SMILES string of the molecule is CC(N)C(=O)N(C)C(C)c1cccs1.Cl. The molecular formula is C10H17ClN2OS. The second kappa shape index (κ2) is 6.10. The molecule has 2 unspecified atom stereocenters. The highest BCUT2D eigenvalue weighted by atomic mass is 35.5. The number of hydrogen-bond acceptors (Lipinski definition) is 3.